The van der Waals surface area contributed by atoms with Crippen molar-refractivity contribution in [1.29, 1.82) is 0 Å². The van der Waals surface area contributed by atoms with E-state index in [9.17, 15) is 9.90 Å². The Balaban J connectivity index is 2.42. The van der Waals surface area contributed by atoms with Crippen LogP contribution in [0.15, 0.2) is 36.1 Å². The number of Topliss-reactive ketones (excluding diaryl/α,β-unsaturated/α-hetero) is 1. The fourth-order valence-electron chi connectivity index (χ4n) is 1.74. The van der Waals surface area contributed by atoms with E-state index in [1.54, 1.807) is 18.2 Å². The summed E-state index contributed by atoms with van der Waals surface area (Å²) >= 11 is 0. The van der Waals surface area contributed by atoms with Gasteiger partial charge in [0, 0.05) is 0 Å². The van der Waals surface area contributed by atoms with Crippen molar-refractivity contribution in [3.05, 3.63) is 41.7 Å². The normalized spacial score (nSPS) is 20.3. The number of ketones is 1. The van der Waals surface area contributed by atoms with Crippen molar-refractivity contribution >= 4 is 13.9 Å². The lowest BCUT2D eigenvalue weighted by molar-refractivity contribution is 0.0978. The van der Waals surface area contributed by atoms with Gasteiger partial charge in [0.15, 0.2) is 6.10 Å². The molecule has 0 aliphatic carbocycles. The smallest absolute Gasteiger partial charge is 0.200 e. The second kappa shape index (κ2) is 4.94. The molecule has 0 fully saturated rings. The van der Waals surface area contributed by atoms with Crippen molar-refractivity contribution in [2.45, 2.75) is 25.7 Å². The highest BCUT2D eigenvalue weighted by atomic mass is 28.3. The van der Waals surface area contributed by atoms with Crippen molar-refractivity contribution in [3.8, 4) is 17.2 Å². The summed E-state index contributed by atoms with van der Waals surface area (Å²) in [6, 6.07) is 7.00. The second-order valence-corrected chi connectivity index (χ2v) is 10.2. The molecule has 1 aromatic rings. The van der Waals surface area contributed by atoms with Crippen LogP contribution in [0.2, 0.25) is 19.6 Å². The van der Waals surface area contributed by atoms with Crippen molar-refractivity contribution in [1.82, 2.24) is 0 Å². The first-order chi connectivity index (χ1) is 8.92. The number of hydrogen-bond donors (Lipinski definition) is 1. The predicted molar refractivity (Wildman–Crippen MR) is 77.0 cm³/mol. The average molecular weight is 272 g/mol. The highest BCUT2D eigenvalue weighted by Crippen LogP contribution is 2.29. The summed E-state index contributed by atoms with van der Waals surface area (Å²) in [5.74, 6) is 3.27. The number of rotatable bonds is 0. The van der Waals surface area contributed by atoms with E-state index < -0.39 is 14.2 Å². The molecule has 0 saturated carbocycles. The van der Waals surface area contributed by atoms with E-state index in [0.29, 0.717) is 11.3 Å². The van der Waals surface area contributed by atoms with Gasteiger partial charge in [-0.1, -0.05) is 37.7 Å². The maximum Gasteiger partial charge on any atom is 0.200 e. The molecule has 0 radical (unpaired) electrons. The first-order valence-corrected chi connectivity index (χ1v) is 9.60. The van der Waals surface area contributed by atoms with E-state index in [-0.39, 0.29) is 11.4 Å². The molecule has 0 amide bonds. The molecule has 0 spiro atoms. The molecule has 0 saturated heterocycles. The molecule has 1 atom stereocenters. The summed E-state index contributed by atoms with van der Waals surface area (Å²) in [7, 11) is -1.56. The third kappa shape index (κ3) is 2.88. The SMILES string of the molecule is C[Si](C)(C)C#CC1Oc2ccccc2C(=O)/C1=C/O. The summed E-state index contributed by atoms with van der Waals surface area (Å²) in [5.41, 5.74) is 3.83. The number of benzene rings is 1. The van der Waals surface area contributed by atoms with Crippen LogP contribution < -0.4 is 4.74 Å². The molecule has 19 heavy (non-hydrogen) atoms. The van der Waals surface area contributed by atoms with Gasteiger partial charge < -0.3 is 9.84 Å². The van der Waals surface area contributed by atoms with Crippen LogP contribution in [0.25, 0.3) is 0 Å². The van der Waals surface area contributed by atoms with Crippen LogP contribution in [0.3, 0.4) is 0 Å². The Labute approximate surface area is 113 Å². The lowest BCUT2D eigenvalue weighted by Crippen LogP contribution is -2.30. The maximum atomic E-state index is 12.2. The molecule has 1 aliphatic rings. The number of aliphatic hydroxyl groups is 1. The number of carbonyl (C=O) groups is 1. The molecule has 2 rings (SSSR count). The highest BCUT2D eigenvalue weighted by Gasteiger charge is 2.31. The quantitative estimate of drug-likeness (QED) is 0.342. The number of aliphatic hydroxyl groups excluding tert-OH is 1. The van der Waals surface area contributed by atoms with Crippen LogP contribution >= 0.6 is 0 Å². The zero-order valence-corrected chi connectivity index (χ0v) is 12.2. The fourth-order valence-corrected chi connectivity index (χ4v) is 2.30. The molecule has 3 nitrogen and oxygen atoms in total. The highest BCUT2D eigenvalue weighted by molar-refractivity contribution is 6.83. The first-order valence-electron chi connectivity index (χ1n) is 6.10. The molecule has 1 unspecified atom stereocenters. The molecular weight excluding hydrogens is 256 g/mol. The molecule has 4 heteroatoms. The van der Waals surface area contributed by atoms with Gasteiger partial charge in [-0.05, 0) is 12.1 Å². The van der Waals surface area contributed by atoms with Gasteiger partial charge in [-0.25, -0.2) is 0 Å². The molecule has 1 aromatic carbocycles. The molecular formula is C15H16O3Si. The minimum atomic E-state index is -1.56. The van der Waals surface area contributed by atoms with Crippen LogP contribution in [0.1, 0.15) is 10.4 Å². The third-order valence-corrected chi connectivity index (χ3v) is 3.53. The van der Waals surface area contributed by atoms with Gasteiger partial charge >= 0.3 is 0 Å². The number of fused-ring (bicyclic) bond motifs is 1. The van der Waals surface area contributed by atoms with Crippen LogP contribution in [0.5, 0.6) is 5.75 Å². The molecule has 98 valence electrons. The molecule has 1 heterocycles. The summed E-state index contributed by atoms with van der Waals surface area (Å²) in [5, 5.41) is 9.27. The summed E-state index contributed by atoms with van der Waals surface area (Å²) in [6.07, 6.45) is 0.126. The maximum absolute atomic E-state index is 12.2. The molecule has 0 aromatic heterocycles. The minimum Gasteiger partial charge on any atom is -0.515 e. The number of para-hydroxylation sites is 1. The van der Waals surface area contributed by atoms with Crippen molar-refractivity contribution in [2.24, 2.45) is 0 Å². The van der Waals surface area contributed by atoms with Crippen molar-refractivity contribution in [3.63, 3.8) is 0 Å². The molecule has 1 N–H and O–H groups in total. The van der Waals surface area contributed by atoms with Crippen LogP contribution in [0, 0.1) is 11.5 Å². The standard InChI is InChI=1S/C15H16O3Si/c1-19(2,3)9-8-14-12(10-16)15(17)11-6-4-5-7-13(11)18-14/h4-7,10,14,16H,1-3H3/b12-10+. The van der Waals surface area contributed by atoms with Crippen LogP contribution in [-0.2, 0) is 0 Å². The number of carbonyl (C=O) groups excluding carboxylic acids is 1. The van der Waals surface area contributed by atoms with Crippen molar-refractivity contribution < 1.29 is 14.6 Å². The van der Waals surface area contributed by atoms with Gasteiger partial charge in [0.2, 0.25) is 5.78 Å². The van der Waals surface area contributed by atoms with E-state index in [1.807, 2.05) is 6.07 Å². The van der Waals surface area contributed by atoms with Gasteiger partial charge in [0.25, 0.3) is 0 Å². The Bertz CT molecular complexity index is 600. The minimum absolute atomic E-state index is 0.199. The first kappa shape index (κ1) is 13.4. The van der Waals surface area contributed by atoms with Crippen LogP contribution in [0.4, 0.5) is 0 Å². The Kier molecular flexibility index (Phi) is 3.50. The van der Waals surface area contributed by atoms with Gasteiger partial charge in [0.05, 0.1) is 17.4 Å². The van der Waals surface area contributed by atoms with Gasteiger partial charge in [0.1, 0.15) is 13.8 Å². The number of hydrogen-bond acceptors (Lipinski definition) is 3. The Morgan fingerprint density at radius 3 is 2.63 bits per heavy atom. The van der Waals surface area contributed by atoms with E-state index >= 15 is 0 Å². The lowest BCUT2D eigenvalue weighted by atomic mass is 9.96. The monoisotopic (exact) mass is 272 g/mol. The van der Waals surface area contributed by atoms with Crippen molar-refractivity contribution in [2.75, 3.05) is 0 Å². The van der Waals surface area contributed by atoms with E-state index in [4.69, 9.17) is 4.74 Å². The topological polar surface area (TPSA) is 46.5 Å². The van der Waals surface area contributed by atoms with Crippen LogP contribution in [-0.4, -0.2) is 25.1 Å². The zero-order chi connectivity index (χ0) is 14.0. The predicted octanol–water partition coefficient (Wildman–Crippen LogP) is 2.95. The average Bonchev–Trinajstić information content (AvgIpc) is 2.36. The van der Waals surface area contributed by atoms with Gasteiger partial charge in [-0.3, -0.25) is 4.79 Å². The Morgan fingerprint density at radius 2 is 2.00 bits per heavy atom. The summed E-state index contributed by atoms with van der Waals surface area (Å²) in [6.45, 7) is 6.34. The third-order valence-electron chi connectivity index (χ3n) is 2.64. The molecule has 0 bridgehead atoms. The largest absolute Gasteiger partial charge is 0.515 e. The Morgan fingerprint density at radius 1 is 1.32 bits per heavy atom. The van der Waals surface area contributed by atoms with E-state index in [1.165, 1.54) is 0 Å². The lowest BCUT2D eigenvalue weighted by Gasteiger charge is -2.23. The second-order valence-electron chi connectivity index (χ2n) is 5.43. The zero-order valence-electron chi connectivity index (χ0n) is 11.2. The fraction of sp³-hybridized carbons (Fsp3) is 0.267. The molecule has 1 aliphatic heterocycles. The Hall–Kier alpha value is -1.99. The van der Waals surface area contributed by atoms with E-state index in [2.05, 4.69) is 31.1 Å². The van der Waals surface area contributed by atoms with Gasteiger partial charge in [-0.2, -0.15) is 0 Å². The summed E-state index contributed by atoms with van der Waals surface area (Å²) in [4.78, 5) is 12.2. The summed E-state index contributed by atoms with van der Waals surface area (Å²) < 4.78 is 5.70. The number of ether oxygens (including phenoxy) is 1. The van der Waals surface area contributed by atoms with E-state index in [0.717, 1.165) is 6.26 Å². The van der Waals surface area contributed by atoms with Gasteiger partial charge in [-0.15, -0.1) is 5.54 Å².